The van der Waals surface area contributed by atoms with Gasteiger partial charge in [-0.2, -0.15) is 0 Å². The number of hydrogen-bond acceptors (Lipinski definition) is 4. The van der Waals surface area contributed by atoms with Gasteiger partial charge in [0.05, 0.1) is 28.8 Å². The average molecular weight is 411 g/mol. The first-order valence-electron chi connectivity index (χ1n) is 7.75. The van der Waals surface area contributed by atoms with E-state index in [9.17, 15) is 9.59 Å². The second kappa shape index (κ2) is 10.8. The lowest BCUT2D eigenvalue weighted by Crippen LogP contribution is -2.52. The fraction of sp³-hybridized carbons (Fsp3) is 0.500. The molecule has 1 N–H and O–H groups in total. The van der Waals surface area contributed by atoms with Crippen molar-refractivity contribution in [1.82, 2.24) is 15.1 Å². The van der Waals surface area contributed by atoms with Crippen LogP contribution in [0.5, 0.6) is 0 Å². The van der Waals surface area contributed by atoms with Crippen molar-refractivity contribution >= 4 is 47.4 Å². The summed E-state index contributed by atoms with van der Waals surface area (Å²) in [5.41, 5.74) is 0.321. The molecule has 1 heterocycles. The highest BCUT2D eigenvalue weighted by atomic mass is 35.5. The van der Waals surface area contributed by atoms with Gasteiger partial charge in [0.1, 0.15) is 0 Å². The van der Waals surface area contributed by atoms with Gasteiger partial charge in [0, 0.05) is 39.8 Å². The van der Waals surface area contributed by atoms with Crippen molar-refractivity contribution in [1.29, 1.82) is 0 Å². The van der Waals surface area contributed by atoms with E-state index in [-0.39, 0.29) is 30.8 Å². The molecule has 1 aliphatic rings. The van der Waals surface area contributed by atoms with Crippen LogP contribution in [-0.2, 0) is 9.53 Å². The summed E-state index contributed by atoms with van der Waals surface area (Å²) in [5.74, 6) is -0.176. The second-order valence-electron chi connectivity index (χ2n) is 5.44. The number of benzene rings is 1. The molecular formula is C16H22Cl3N3O3. The van der Waals surface area contributed by atoms with Gasteiger partial charge in [-0.1, -0.05) is 29.3 Å². The van der Waals surface area contributed by atoms with Crippen LogP contribution < -0.4 is 5.32 Å². The van der Waals surface area contributed by atoms with E-state index in [1.165, 1.54) is 0 Å². The summed E-state index contributed by atoms with van der Waals surface area (Å²) < 4.78 is 4.92. The summed E-state index contributed by atoms with van der Waals surface area (Å²) in [4.78, 5) is 28.1. The van der Waals surface area contributed by atoms with Crippen LogP contribution in [0.4, 0.5) is 0 Å². The van der Waals surface area contributed by atoms with Gasteiger partial charge in [0.25, 0.3) is 5.91 Å². The predicted molar refractivity (Wildman–Crippen MR) is 101 cm³/mol. The Morgan fingerprint density at radius 2 is 1.68 bits per heavy atom. The van der Waals surface area contributed by atoms with Gasteiger partial charge in [-0.15, -0.1) is 12.4 Å². The SMILES string of the molecule is COCCNCC(=O)N1CCN(C(=O)c2c(Cl)cccc2Cl)CC1.Cl. The van der Waals surface area contributed by atoms with Gasteiger partial charge in [0.15, 0.2) is 0 Å². The molecule has 1 aromatic carbocycles. The highest BCUT2D eigenvalue weighted by molar-refractivity contribution is 6.39. The van der Waals surface area contributed by atoms with Crippen LogP contribution >= 0.6 is 35.6 Å². The lowest BCUT2D eigenvalue weighted by atomic mass is 10.1. The van der Waals surface area contributed by atoms with Crippen LogP contribution in [0.25, 0.3) is 0 Å². The molecule has 0 unspecified atom stereocenters. The van der Waals surface area contributed by atoms with Crippen LogP contribution in [0.3, 0.4) is 0 Å². The molecular weight excluding hydrogens is 389 g/mol. The topological polar surface area (TPSA) is 61.9 Å². The zero-order valence-electron chi connectivity index (χ0n) is 14.0. The standard InChI is InChI=1S/C16H21Cl2N3O3.ClH/c1-24-10-5-19-11-14(22)20-6-8-21(9-7-20)16(23)15-12(17)3-2-4-13(15)18;/h2-4,19H,5-11H2,1H3;1H. The summed E-state index contributed by atoms with van der Waals surface area (Å²) in [6.07, 6.45) is 0. The summed E-state index contributed by atoms with van der Waals surface area (Å²) in [7, 11) is 1.62. The normalized spacial score (nSPS) is 14.2. The Morgan fingerprint density at radius 1 is 1.12 bits per heavy atom. The Bertz CT molecular complexity index is 573. The maximum absolute atomic E-state index is 12.6. The van der Waals surface area contributed by atoms with E-state index in [2.05, 4.69) is 5.32 Å². The number of rotatable bonds is 6. The lowest BCUT2D eigenvalue weighted by molar-refractivity contribution is -0.131. The number of hydrogen-bond donors (Lipinski definition) is 1. The van der Waals surface area contributed by atoms with Crippen molar-refractivity contribution in [2.75, 3.05) is 53.0 Å². The van der Waals surface area contributed by atoms with Crippen molar-refractivity contribution in [3.8, 4) is 0 Å². The Balaban J connectivity index is 0.00000312. The van der Waals surface area contributed by atoms with E-state index in [0.29, 0.717) is 54.9 Å². The summed E-state index contributed by atoms with van der Waals surface area (Å²) in [5, 5.41) is 3.71. The van der Waals surface area contributed by atoms with E-state index >= 15 is 0 Å². The first-order valence-corrected chi connectivity index (χ1v) is 8.51. The maximum atomic E-state index is 12.6. The van der Waals surface area contributed by atoms with Crippen molar-refractivity contribution in [2.45, 2.75) is 0 Å². The zero-order chi connectivity index (χ0) is 17.5. The molecule has 0 aliphatic carbocycles. The molecule has 9 heteroatoms. The van der Waals surface area contributed by atoms with Crippen LogP contribution in [0.1, 0.15) is 10.4 Å². The molecule has 140 valence electrons. The smallest absolute Gasteiger partial charge is 0.257 e. The van der Waals surface area contributed by atoms with Crippen molar-refractivity contribution < 1.29 is 14.3 Å². The summed E-state index contributed by atoms with van der Waals surface area (Å²) in [6, 6.07) is 4.99. The van der Waals surface area contributed by atoms with Crippen LogP contribution in [0.2, 0.25) is 10.0 Å². The first kappa shape index (κ1) is 22.0. The molecule has 0 saturated carbocycles. The number of ether oxygens (including phenoxy) is 1. The molecule has 1 fully saturated rings. The van der Waals surface area contributed by atoms with E-state index in [1.54, 1.807) is 35.1 Å². The number of carbonyl (C=O) groups excluding carboxylic acids is 2. The van der Waals surface area contributed by atoms with Crippen LogP contribution in [0, 0.1) is 0 Å². The third-order valence-corrected chi connectivity index (χ3v) is 4.49. The number of methoxy groups -OCH3 is 1. The molecule has 1 aromatic rings. The summed E-state index contributed by atoms with van der Waals surface area (Å²) >= 11 is 12.2. The molecule has 0 atom stereocenters. The van der Waals surface area contributed by atoms with Gasteiger partial charge >= 0.3 is 0 Å². The Kier molecular flexibility index (Phi) is 9.53. The highest BCUT2D eigenvalue weighted by Crippen LogP contribution is 2.26. The average Bonchev–Trinajstić information content (AvgIpc) is 2.58. The number of halogens is 3. The van der Waals surface area contributed by atoms with Gasteiger partial charge in [-0.05, 0) is 12.1 Å². The van der Waals surface area contributed by atoms with Gasteiger partial charge in [0.2, 0.25) is 5.91 Å². The van der Waals surface area contributed by atoms with Gasteiger partial charge < -0.3 is 19.9 Å². The Labute approximate surface area is 163 Å². The van der Waals surface area contributed by atoms with E-state index in [4.69, 9.17) is 27.9 Å². The van der Waals surface area contributed by atoms with Crippen LogP contribution in [-0.4, -0.2) is 74.6 Å². The molecule has 2 rings (SSSR count). The third kappa shape index (κ3) is 6.01. The Morgan fingerprint density at radius 3 is 2.24 bits per heavy atom. The highest BCUT2D eigenvalue weighted by Gasteiger charge is 2.26. The lowest BCUT2D eigenvalue weighted by Gasteiger charge is -2.35. The van der Waals surface area contributed by atoms with Gasteiger partial charge in [-0.3, -0.25) is 9.59 Å². The van der Waals surface area contributed by atoms with Crippen molar-refractivity contribution in [3.63, 3.8) is 0 Å². The number of piperazine rings is 1. The molecule has 0 aromatic heterocycles. The molecule has 0 bridgehead atoms. The molecule has 2 amide bonds. The van der Waals surface area contributed by atoms with E-state index in [0.717, 1.165) is 0 Å². The number of carbonyl (C=O) groups is 2. The minimum absolute atomic E-state index is 0. The summed E-state index contributed by atoms with van der Waals surface area (Å²) in [6.45, 7) is 3.39. The van der Waals surface area contributed by atoms with Crippen molar-refractivity contribution in [3.05, 3.63) is 33.8 Å². The minimum atomic E-state index is -0.198. The maximum Gasteiger partial charge on any atom is 0.257 e. The number of nitrogens with zero attached hydrogens (tertiary/aromatic N) is 2. The van der Waals surface area contributed by atoms with Crippen molar-refractivity contribution in [2.24, 2.45) is 0 Å². The molecule has 0 spiro atoms. The molecule has 1 saturated heterocycles. The minimum Gasteiger partial charge on any atom is -0.383 e. The van der Waals surface area contributed by atoms with E-state index in [1.807, 2.05) is 0 Å². The van der Waals surface area contributed by atoms with E-state index < -0.39 is 0 Å². The number of nitrogens with one attached hydrogen (secondary N) is 1. The molecule has 1 aliphatic heterocycles. The zero-order valence-corrected chi connectivity index (χ0v) is 16.3. The predicted octanol–water partition coefficient (Wildman–Crippen LogP) is 1.94. The fourth-order valence-electron chi connectivity index (χ4n) is 2.50. The fourth-order valence-corrected chi connectivity index (χ4v) is 3.06. The molecule has 0 radical (unpaired) electrons. The van der Waals surface area contributed by atoms with Crippen LogP contribution in [0.15, 0.2) is 18.2 Å². The monoisotopic (exact) mass is 409 g/mol. The van der Waals surface area contributed by atoms with Gasteiger partial charge in [-0.25, -0.2) is 0 Å². The Hall–Kier alpha value is -1.05. The first-order chi connectivity index (χ1) is 11.5. The largest absolute Gasteiger partial charge is 0.383 e. The molecule has 25 heavy (non-hydrogen) atoms. The quantitative estimate of drug-likeness (QED) is 0.728. The second-order valence-corrected chi connectivity index (χ2v) is 6.25. The molecule has 6 nitrogen and oxygen atoms in total. The third-order valence-electron chi connectivity index (χ3n) is 3.86. The number of amides is 2.